The van der Waals surface area contributed by atoms with E-state index in [4.69, 9.17) is 9.47 Å². The quantitative estimate of drug-likeness (QED) is 0.796. The molecule has 86 valence electrons. The van der Waals surface area contributed by atoms with Crippen LogP contribution in [-0.4, -0.2) is 18.5 Å². The van der Waals surface area contributed by atoms with E-state index in [0.29, 0.717) is 6.42 Å². The van der Waals surface area contributed by atoms with E-state index in [1.807, 2.05) is 12.1 Å². The maximum Gasteiger partial charge on any atom is 0.180 e. The summed E-state index contributed by atoms with van der Waals surface area (Å²) in [6.07, 6.45) is 0.395. The van der Waals surface area contributed by atoms with Gasteiger partial charge >= 0.3 is 0 Å². The van der Waals surface area contributed by atoms with Crippen molar-refractivity contribution in [2.45, 2.75) is 25.9 Å². The van der Waals surface area contributed by atoms with Gasteiger partial charge in [0.05, 0.1) is 11.6 Å². The van der Waals surface area contributed by atoms with Gasteiger partial charge in [0, 0.05) is 12.0 Å². The van der Waals surface area contributed by atoms with E-state index in [1.54, 1.807) is 21.0 Å². The normalized spacial score (nSPS) is 17.6. The molecule has 0 spiro atoms. The summed E-state index contributed by atoms with van der Waals surface area (Å²) in [4.78, 5) is 11.8. The fourth-order valence-corrected chi connectivity index (χ4v) is 2.17. The zero-order valence-electron chi connectivity index (χ0n) is 9.46. The van der Waals surface area contributed by atoms with Crippen molar-refractivity contribution in [2.24, 2.45) is 0 Å². The highest BCUT2D eigenvalue weighted by atomic mass is 79.9. The van der Waals surface area contributed by atoms with E-state index >= 15 is 0 Å². The summed E-state index contributed by atoms with van der Waals surface area (Å²) in [6, 6.07) is 3.69. The van der Waals surface area contributed by atoms with Gasteiger partial charge in [0.25, 0.3) is 0 Å². The van der Waals surface area contributed by atoms with Gasteiger partial charge in [-0.25, -0.2) is 0 Å². The van der Waals surface area contributed by atoms with Crippen molar-refractivity contribution in [3.05, 3.63) is 22.2 Å². The minimum atomic E-state index is -0.735. The number of hydrogen-bond donors (Lipinski definition) is 0. The molecule has 0 aromatic heterocycles. The van der Waals surface area contributed by atoms with Crippen molar-refractivity contribution < 1.29 is 14.3 Å². The van der Waals surface area contributed by atoms with Gasteiger partial charge in [0.15, 0.2) is 11.4 Å². The van der Waals surface area contributed by atoms with Crippen molar-refractivity contribution >= 4 is 21.7 Å². The molecule has 0 saturated carbocycles. The van der Waals surface area contributed by atoms with Crippen LogP contribution in [0.5, 0.6) is 11.5 Å². The lowest BCUT2D eigenvalue weighted by atomic mass is 9.93. The fourth-order valence-electron chi connectivity index (χ4n) is 1.68. The number of rotatable bonds is 1. The number of hydrogen-bond acceptors (Lipinski definition) is 3. The molecular weight excluding hydrogens is 272 g/mol. The van der Waals surface area contributed by atoms with Crippen molar-refractivity contribution in [1.82, 2.24) is 0 Å². The van der Waals surface area contributed by atoms with E-state index in [-0.39, 0.29) is 5.78 Å². The Bertz CT molecular complexity index is 452. The van der Waals surface area contributed by atoms with Crippen LogP contribution >= 0.6 is 15.9 Å². The highest BCUT2D eigenvalue weighted by Crippen LogP contribution is 2.38. The maximum absolute atomic E-state index is 11.8. The Balaban J connectivity index is 2.48. The number of ether oxygens (including phenoxy) is 2. The molecule has 2 rings (SSSR count). The number of carbonyl (C=O) groups excluding carboxylic acids is 1. The number of fused-ring (bicyclic) bond motifs is 1. The van der Waals surface area contributed by atoms with Crippen LogP contribution in [0.4, 0.5) is 0 Å². The number of methoxy groups -OCH3 is 1. The molecule has 0 atom stereocenters. The first-order valence-electron chi connectivity index (χ1n) is 5.03. The molecular formula is C12H13BrO3. The predicted octanol–water partition coefficient (Wildman–Crippen LogP) is 2.74. The van der Waals surface area contributed by atoms with E-state index < -0.39 is 5.60 Å². The van der Waals surface area contributed by atoms with Crippen LogP contribution in [0, 0.1) is 0 Å². The highest BCUT2D eigenvalue weighted by molar-refractivity contribution is 9.10. The number of ketones is 1. The molecule has 16 heavy (non-hydrogen) atoms. The van der Waals surface area contributed by atoms with Gasteiger partial charge < -0.3 is 9.47 Å². The zero-order valence-corrected chi connectivity index (χ0v) is 11.1. The molecule has 0 bridgehead atoms. The number of Topliss-reactive ketones (excluding diaryl/α,β-unsaturated/α-hetero) is 1. The summed E-state index contributed by atoms with van der Waals surface area (Å²) >= 11 is 3.40. The van der Waals surface area contributed by atoms with Crippen LogP contribution in [0.25, 0.3) is 0 Å². The summed E-state index contributed by atoms with van der Waals surface area (Å²) in [5.74, 6) is 1.55. The summed E-state index contributed by atoms with van der Waals surface area (Å²) in [7, 11) is 1.60. The summed E-state index contributed by atoms with van der Waals surface area (Å²) < 4.78 is 11.7. The molecule has 3 nitrogen and oxygen atoms in total. The summed E-state index contributed by atoms with van der Waals surface area (Å²) in [5.41, 5.74) is 0.144. The van der Waals surface area contributed by atoms with Crippen LogP contribution < -0.4 is 9.47 Å². The first-order chi connectivity index (χ1) is 7.44. The summed E-state index contributed by atoms with van der Waals surface area (Å²) in [6.45, 7) is 3.58. The van der Waals surface area contributed by atoms with Crippen LogP contribution in [0.2, 0.25) is 0 Å². The maximum atomic E-state index is 11.8. The van der Waals surface area contributed by atoms with Gasteiger partial charge in [-0.3, -0.25) is 4.79 Å². The molecule has 0 N–H and O–H groups in total. The lowest BCUT2D eigenvalue weighted by Gasteiger charge is -2.31. The first-order valence-corrected chi connectivity index (χ1v) is 5.82. The van der Waals surface area contributed by atoms with Gasteiger partial charge in [0.2, 0.25) is 0 Å². The van der Waals surface area contributed by atoms with Crippen molar-refractivity contribution in [2.75, 3.05) is 7.11 Å². The third-order valence-corrected chi connectivity index (χ3v) is 3.34. The van der Waals surface area contributed by atoms with Crippen molar-refractivity contribution in [3.63, 3.8) is 0 Å². The monoisotopic (exact) mass is 284 g/mol. The second-order valence-electron chi connectivity index (χ2n) is 4.31. The average Bonchev–Trinajstić information content (AvgIpc) is 2.19. The van der Waals surface area contributed by atoms with Gasteiger partial charge in [0.1, 0.15) is 11.5 Å². The lowest BCUT2D eigenvalue weighted by Crippen LogP contribution is -2.42. The van der Waals surface area contributed by atoms with E-state index in [2.05, 4.69) is 15.9 Å². The van der Waals surface area contributed by atoms with Crippen molar-refractivity contribution in [1.29, 1.82) is 0 Å². The minimum absolute atomic E-state index is 0.0874. The molecule has 1 aromatic carbocycles. The largest absolute Gasteiger partial charge is 0.496 e. The van der Waals surface area contributed by atoms with E-state index in [1.165, 1.54) is 0 Å². The number of benzene rings is 1. The van der Waals surface area contributed by atoms with Gasteiger partial charge in [-0.1, -0.05) is 0 Å². The molecule has 0 radical (unpaired) electrons. The lowest BCUT2D eigenvalue weighted by molar-refractivity contribution is -0.132. The second-order valence-corrected chi connectivity index (χ2v) is 5.16. The SMILES string of the molecule is COc1cc2c(cc1Br)OC(C)(C)C(=O)C2. The van der Waals surface area contributed by atoms with Crippen molar-refractivity contribution in [3.8, 4) is 11.5 Å². The number of halogens is 1. The van der Waals surface area contributed by atoms with Crippen LogP contribution in [0.1, 0.15) is 19.4 Å². The fraction of sp³-hybridized carbons (Fsp3) is 0.417. The van der Waals surface area contributed by atoms with E-state index in [0.717, 1.165) is 21.5 Å². The molecule has 1 heterocycles. The summed E-state index contributed by atoms with van der Waals surface area (Å²) in [5, 5.41) is 0. The molecule has 0 saturated heterocycles. The average molecular weight is 285 g/mol. The predicted molar refractivity (Wildman–Crippen MR) is 64.1 cm³/mol. The van der Waals surface area contributed by atoms with Crippen LogP contribution in [0.15, 0.2) is 16.6 Å². The highest BCUT2D eigenvalue weighted by Gasteiger charge is 2.35. The standard InChI is InChI=1S/C12H13BrO3/c1-12(2)11(14)5-7-4-10(15-3)8(13)6-9(7)16-12/h4,6H,5H2,1-3H3. The number of carbonyl (C=O) groups is 1. The molecule has 1 aromatic rings. The Morgan fingerprint density at radius 3 is 2.75 bits per heavy atom. The molecule has 1 aliphatic rings. The van der Waals surface area contributed by atoms with Crippen LogP contribution in [-0.2, 0) is 11.2 Å². The van der Waals surface area contributed by atoms with Gasteiger partial charge in [-0.15, -0.1) is 0 Å². The Morgan fingerprint density at radius 1 is 1.44 bits per heavy atom. The molecule has 0 amide bonds. The third-order valence-electron chi connectivity index (χ3n) is 2.72. The Labute approximate surface area is 103 Å². The topological polar surface area (TPSA) is 35.5 Å². The Kier molecular flexibility index (Phi) is 2.70. The Morgan fingerprint density at radius 2 is 2.12 bits per heavy atom. The van der Waals surface area contributed by atoms with Gasteiger partial charge in [-0.05, 0) is 41.9 Å². The third kappa shape index (κ3) is 1.82. The molecule has 1 aliphatic heterocycles. The van der Waals surface area contributed by atoms with Gasteiger partial charge in [-0.2, -0.15) is 0 Å². The van der Waals surface area contributed by atoms with E-state index in [9.17, 15) is 4.79 Å². The molecule has 0 fully saturated rings. The minimum Gasteiger partial charge on any atom is -0.496 e. The van der Waals surface area contributed by atoms with Crippen LogP contribution in [0.3, 0.4) is 0 Å². The second kappa shape index (κ2) is 3.77. The zero-order chi connectivity index (χ0) is 11.9. The first kappa shape index (κ1) is 11.5. The molecule has 0 aliphatic carbocycles. The molecule has 4 heteroatoms. The smallest absolute Gasteiger partial charge is 0.180 e. The molecule has 0 unspecified atom stereocenters. The Hall–Kier alpha value is -1.03.